The molecule has 0 saturated carbocycles. The van der Waals surface area contributed by atoms with Crippen molar-refractivity contribution in [3.8, 4) is 6.07 Å². The number of hydrogen-bond acceptors (Lipinski definition) is 3. The van der Waals surface area contributed by atoms with E-state index < -0.39 is 0 Å². The zero-order valence-electron chi connectivity index (χ0n) is 12.0. The number of fused-ring (bicyclic) bond motifs is 1. The number of aromatic nitrogens is 2. The maximum Gasteiger partial charge on any atom is 0.274 e. The van der Waals surface area contributed by atoms with E-state index in [9.17, 15) is 4.79 Å². The Balaban J connectivity index is 2.04. The highest BCUT2D eigenvalue weighted by atomic mass is 35.5. The molecule has 0 saturated heterocycles. The highest BCUT2D eigenvalue weighted by Crippen LogP contribution is 2.25. The number of halogens is 2. The molecule has 0 aliphatic carbocycles. The van der Waals surface area contributed by atoms with Gasteiger partial charge in [0.2, 0.25) is 0 Å². The van der Waals surface area contributed by atoms with Crippen LogP contribution in [-0.2, 0) is 0 Å². The van der Waals surface area contributed by atoms with Crippen molar-refractivity contribution in [3.05, 3.63) is 63.5 Å². The van der Waals surface area contributed by atoms with Crippen LogP contribution >= 0.6 is 23.2 Å². The van der Waals surface area contributed by atoms with E-state index in [1.54, 1.807) is 47.9 Å². The lowest BCUT2D eigenvalue weighted by Gasteiger charge is -2.07. The first-order valence-corrected chi connectivity index (χ1v) is 7.40. The number of pyridine rings is 1. The summed E-state index contributed by atoms with van der Waals surface area (Å²) < 4.78 is 1.56. The zero-order valence-corrected chi connectivity index (χ0v) is 13.5. The number of carbonyl (C=O) groups excluding carboxylic acids is 1. The molecule has 5 nitrogen and oxygen atoms in total. The second-order valence-corrected chi connectivity index (χ2v) is 5.74. The third kappa shape index (κ3) is 2.87. The van der Waals surface area contributed by atoms with Crippen LogP contribution in [0.5, 0.6) is 0 Å². The standard InChI is InChI=1S/C16H10Cl2N4O/c1-9-14(22-8-11(17)6-13(18)15(22)20-9)16(23)21-12-4-2-3-10(5-12)7-19/h2-6,8H,1H3,(H,21,23). The SMILES string of the molecule is Cc1nc2c(Cl)cc(Cl)cn2c1C(=O)Nc1cccc(C#N)c1. The maximum atomic E-state index is 12.6. The molecule has 1 N–H and O–H groups in total. The van der Waals surface area contributed by atoms with E-state index in [-0.39, 0.29) is 5.91 Å². The molecule has 2 aromatic heterocycles. The molecule has 23 heavy (non-hydrogen) atoms. The summed E-state index contributed by atoms with van der Waals surface area (Å²) in [4.78, 5) is 16.9. The fourth-order valence-electron chi connectivity index (χ4n) is 2.32. The van der Waals surface area contributed by atoms with E-state index >= 15 is 0 Å². The number of benzene rings is 1. The Kier molecular flexibility index (Phi) is 3.95. The van der Waals surface area contributed by atoms with E-state index in [4.69, 9.17) is 28.5 Å². The lowest BCUT2D eigenvalue weighted by molar-refractivity contribution is 0.102. The van der Waals surface area contributed by atoms with Gasteiger partial charge >= 0.3 is 0 Å². The lowest BCUT2D eigenvalue weighted by Crippen LogP contribution is -2.15. The Morgan fingerprint density at radius 2 is 2.13 bits per heavy atom. The summed E-state index contributed by atoms with van der Waals surface area (Å²) in [6.45, 7) is 1.72. The number of rotatable bonds is 2. The number of hydrogen-bond donors (Lipinski definition) is 1. The molecule has 3 aromatic rings. The summed E-state index contributed by atoms with van der Waals surface area (Å²) in [5, 5.41) is 12.4. The number of nitriles is 1. The quantitative estimate of drug-likeness (QED) is 0.761. The van der Waals surface area contributed by atoms with Crippen molar-refractivity contribution >= 4 is 40.4 Å². The van der Waals surface area contributed by atoms with E-state index in [2.05, 4.69) is 10.3 Å². The molecule has 0 aliphatic rings. The highest BCUT2D eigenvalue weighted by Gasteiger charge is 2.19. The number of nitrogens with zero attached hydrogens (tertiary/aromatic N) is 3. The van der Waals surface area contributed by atoms with E-state index in [0.717, 1.165) is 0 Å². The number of imidazole rings is 1. The lowest BCUT2D eigenvalue weighted by atomic mass is 10.2. The molecule has 0 radical (unpaired) electrons. The van der Waals surface area contributed by atoms with Gasteiger partial charge in [-0.15, -0.1) is 0 Å². The van der Waals surface area contributed by atoms with Gasteiger partial charge in [0.05, 0.1) is 27.4 Å². The van der Waals surface area contributed by atoms with Gasteiger partial charge < -0.3 is 5.32 Å². The van der Waals surface area contributed by atoms with Crippen molar-refractivity contribution in [1.29, 1.82) is 5.26 Å². The minimum Gasteiger partial charge on any atom is -0.321 e. The largest absolute Gasteiger partial charge is 0.321 e. The Labute approximate surface area is 142 Å². The molecule has 1 aromatic carbocycles. The van der Waals surface area contributed by atoms with Crippen LogP contribution in [0.25, 0.3) is 5.65 Å². The van der Waals surface area contributed by atoms with Gasteiger partial charge in [-0.3, -0.25) is 9.20 Å². The van der Waals surface area contributed by atoms with Gasteiger partial charge in [0.1, 0.15) is 5.69 Å². The molecule has 114 valence electrons. The van der Waals surface area contributed by atoms with Crippen molar-refractivity contribution in [3.63, 3.8) is 0 Å². The van der Waals surface area contributed by atoms with Crippen molar-refractivity contribution in [1.82, 2.24) is 9.38 Å². The van der Waals surface area contributed by atoms with Gasteiger partial charge in [-0.25, -0.2) is 4.98 Å². The van der Waals surface area contributed by atoms with Gasteiger partial charge in [-0.2, -0.15) is 5.26 Å². The molecule has 1 amide bonds. The molecule has 0 atom stereocenters. The minimum absolute atomic E-state index is 0.340. The molecule has 7 heteroatoms. The smallest absolute Gasteiger partial charge is 0.274 e. The molecule has 0 aliphatic heterocycles. The van der Waals surface area contributed by atoms with Crippen LogP contribution in [0.1, 0.15) is 21.7 Å². The monoisotopic (exact) mass is 344 g/mol. The van der Waals surface area contributed by atoms with Gasteiger partial charge in [0, 0.05) is 11.9 Å². The van der Waals surface area contributed by atoms with Gasteiger partial charge in [0.15, 0.2) is 5.65 Å². The second-order valence-electron chi connectivity index (χ2n) is 4.89. The summed E-state index contributed by atoms with van der Waals surface area (Å²) in [7, 11) is 0. The molecular formula is C16H10Cl2N4O. The topological polar surface area (TPSA) is 70.2 Å². The Morgan fingerprint density at radius 3 is 2.87 bits per heavy atom. The Bertz CT molecular complexity index is 972. The van der Waals surface area contributed by atoms with Crippen LogP contribution in [0, 0.1) is 18.3 Å². The van der Waals surface area contributed by atoms with Gasteiger partial charge in [-0.05, 0) is 31.2 Å². The molecule has 0 bridgehead atoms. The zero-order chi connectivity index (χ0) is 16.6. The fourth-order valence-corrected chi connectivity index (χ4v) is 2.83. The normalized spacial score (nSPS) is 10.5. The second kappa shape index (κ2) is 5.92. The summed E-state index contributed by atoms with van der Waals surface area (Å²) in [5.41, 5.74) is 2.32. The fraction of sp³-hybridized carbons (Fsp3) is 0.0625. The van der Waals surface area contributed by atoms with Crippen LogP contribution in [0.4, 0.5) is 5.69 Å². The number of nitrogens with one attached hydrogen (secondary N) is 1. The summed E-state index contributed by atoms with van der Waals surface area (Å²) in [6.07, 6.45) is 1.59. The molecular weight excluding hydrogens is 335 g/mol. The summed E-state index contributed by atoms with van der Waals surface area (Å²) in [6, 6.07) is 10.3. The first-order valence-electron chi connectivity index (χ1n) is 6.65. The van der Waals surface area contributed by atoms with Crippen molar-refractivity contribution in [2.75, 3.05) is 5.32 Å². The molecule has 0 fully saturated rings. The maximum absolute atomic E-state index is 12.6. The number of anilines is 1. The van der Waals surface area contributed by atoms with Crippen molar-refractivity contribution in [2.24, 2.45) is 0 Å². The summed E-state index contributed by atoms with van der Waals surface area (Å²) >= 11 is 12.1. The van der Waals surface area contributed by atoms with Crippen LogP contribution in [-0.4, -0.2) is 15.3 Å². The summed E-state index contributed by atoms with van der Waals surface area (Å²) in [5.74, 6) is -0.358. The molecule has 0 spiro atoms. The first kappa shape index (κ1) is 15.3. The van der Waals surface area contributed by atoms with E-state index in [1.165, 1.54) is 0 Å². The molecule has 2 heterocycles. The number of amides is 1. The molecule has 0 unspecified atom stereocenters. The molecule has 3 rings (SSSR count). The third-order valence-electron chi connectivity index (χ3n) is 3.28. The Morgan fingerprint density at radius 1 is 1.35 bits per heavy atom. The van der Waals surface area contributed by atoms with Gasteiger partial charge in [-0.1, -0.05) is 29.3 Å². The van der Waals surface area contributed by atoms with Gasteiger partial charge in [0.25, 0.3) is 5.91 Å². The Hall–Kier alpha value is -2.55. The van der Waals surface area contributed by atoms with Crippen LogP contribution < -0.4 is 5.32 Å². The first-order chi connectivity index (χ1) is 11.0. The minimum atomic E-state index is -0.358. The van der Waals surface area contributed by atoms with Crippen LogP contribution in [0.15, 0.2) is 36.5 Å². The average molecular weight is 345 g/mol. The van der Waals surface area contributed by atoms with Crippen molar-refractivity contribution < 1.29 is 4.79 Å². The van der Waals surface area contributed by atoms with Crippen LogP contribution in [0.2, 0.25) is 10.0 Å². The highest BCUT2D eigenvalue weighted by molar-refractivity contribution is 6.36. The van der Waals surface area contributed by atoms with Crippen molar-refractivity contribution in [2.45, 2.75) is 6.92 Å². The number of carbonyl (C=O) groups is 1. The number of aryl methyl sites for hydroxylation is 1. The average Bonchev–Trinajstić information content (AvgIpc) is 2.84. The van der Waals surface area contributed by atoms with Crippen LogP contribution in [0.3, 0.4) is 0 Å². The van der Waals surface area contributed by atoms with E-state index in [0.29, 0.717) is 38.3 Å². The van der Waals surface area contributed by atoms with E-state index in [1.807, 2.05) is 6.07 Å². The predicted octanol–water partition coefficient (Wildman–Crippen LogP) is 4.07. The third-order valence-corrected chi connectivity index (χ3v) is 3.77. The predicted molar refractivity (Wildman–Crippen MR) is 89.1 cm³/mol.